The first kappa shape index (κ1) is 15.2. The predicted molar refractivity (Wildman–Crippen MR) is 81.4 cm³/mol. The van der Waals surface area contributed by atoms with Crippen molar-refractivity contribution >= 4 is 33.2 Å². The molecule has 1 aromatic carbocycles. The number of hydrogen-bond acceptors (Lipinski definition) is 4. The fourth-order valence-corrected chi connectivity index (χ4v) is 2.31. The van der Waals surface area contributed by atoms with E-state index in [2.05, 4.69) is 26.3 Å². The van der Waals surface area contributed by atoms with Crippen molar-refractivity contribution in [2.75, 3.05) is 5.32 Å². The highest BCUT2D eigenvalue weighted by Crippen LogP contribution is 2.28. The van der Waals surface area contributed by atoms with Gasteiger partial charge in [0.2, 0.25) is 0 Å². The Morgan fingerprint density at radius 2 is 2.19 bits per heavy atom. The van der Waals surface area contributed by atoms with Crippen LogP contribution in [-0.4, -0.2) is 20.6 Å². The summed E-state index contributed by atoms with van der Waals surface area (Å²) in [6.07, 6.45) is 3.23. The second-order valence-electron chi connectivity index (χ2n) is 4.65. The summed E-state index contributed by atoms with van der Waals surface area (Å²) < 4.78 is 1.86. The Balaban J connectivity index is 2.24. The molecule has 2 aromatic rings. The summed E-state index contributed by atoms with van der Waals surface area (Å²) in [6.45, 7) is 3.94. The van der Waals surface area contributed by atoms with Crippen LogP contribution in [0, 0.1) is 10.1 Å². The van der Waals surface area contributed by atoms with Gasteiger partial charge in [-0.1, -0.05) is 6.07 Å². The number of nitrogens with zero attached hydrogens (tertiary/aromatic N) is 3. The predicted octanol–water partition coefficient (Wildman–Crippen LogP) is 3.39. The molecule has 0 aliphatic rings. The molecule has 1 heterocycles. The van der Waals surface area contributed by atoms with E-state index in [4.69, 9.17) is 0 Å². The molecule has 0 bridgehead atoms. The number of aromatic nitrogens is 2. The smallest absolute Gasteiger partial charge is 0.284 e. The molecule has 0 saturated carbocycles. The van der Waals surface area contributed by atoms with Gasteiger partial charge in [0.25, 0.3) is 11.6 Å². The quantitative estimate of drug-likeness (QED) is 0.674. The first-order valence-electron chi connectivity index (χ1n) is 6.18. The summed E-state index contributed by atoms with van der Waals surface area (Å²) >= 11 is 3.10. The molecule has 0 unspecified atom stereocenters. The monoisotopic (exact) mass is 352 g/mol. The number of rotatable bonds is 4. The lowest BCUT2D eigenvalue weighted by molar-refractivity contribution is -0.385. The number of carbonyl (C=O) groups excluding carboxylic acids is 1. The second kappa shape index (κ2) is 6.04. The topological polar surface area (TPSA) is 90.1 Å². The van der Waals surface area contributed by atoms with Crippen molar-refractivity contribution < 1.29 is 9.72 Å². The van der Waals surface area contributed by atoms with Crippen LogP contribution in [0.25, 0.3) is 0 Å². The number of nitrogens with one attached hydrogen (secondary N) is 1. The number of amides is 1. The molecule has 0 spiro atoms. The van der Waals surface area contributed by atoms with Crippen LogP contribution < -0.4 is 5.32 Å². The first-order chi connectivity index (χ1) is 9.90. The van der Waals surface area contributed by atoms with Crippen molar-refractivity contribution in [1.82, 2.24) is 9.78 Å². The second-order valence-corrected chi connectivity index (χ2v) is 5.45. The Morgan fingerprint density at radius 1 is 1.48 bits per heavy atom. The Hall–Kier alpha value is -2.22. The minimum Gasteiger partial charge on any atom is -0.319 e. The lowest BCUT2D eigenvalue weighted by Gasteiger charge is -2.06. The molecule has 1 aromatic heterocycles. The molecule has 0 saturated heterocycles. The van der Waals surface area contributed by atoms with Gasteiger partial charge in [0.1, 0.15) is 4.47 Å². The SMILES string of the molecule is CC(C)n1cc(NC(=O)c2cccc([N+](=O)[O-])c2Br)cn1. The van der Waals surface area contributed by atoms with Crippen molar-refractivity contribution in [2.45, 2.75) is 19.9 Å². The molecular formula is C13H13BrN4O3. The van der Waals surface area contributed by atoms with Gasteiger partial charge < -0.3 is 5.32 Å². The third-order valence-corrected chi connectivity index (χ3v) is 3.64. The summed E-state index contributed by atoms with van der Waals surface area (Å²) in [7, 11) is 0. The zero-order valence-corrected chi connectivity index (χ0v) is 13.0. The van der Waals surface area contributed by atoms with Gasteiger partial charge >= 0.3 is 0 Å². The van der Waals surface area contributed by atoms with Crippen LogP contribution in [0.2, 0.25) is 0 Å². The molecule has 2 rings (SSSR count). The normalized spacial score (nSPS) is 10.7. The lowest BCUT2D eigenvalue weighted by Crippen LogP contribution is -2.12. The van der Waals surface area contributed by atoms with Gasteiger partial charge in [-0.15, -0.1) is 0 Å². The van der Waals surface area contributed by atoms with Crippen LogP contribution in [0.1, 0.15) is 30.2 Å². The first-order valence-corrected chi connectivity index (χ1v) is 6.98. The van der Waals surface area contributed by atoms with Gasteiger partial charge in [0, 0.05) is 18.3 Å². The summed E-state index contributed by atoms with van der Waals surface area (Å²) in [4.78, 5) is 22.5. The summed E-state index contributed by atoms with van der Waals surface area (Å²) in [5.74, 6) is -0.436. The highest BCUT2D eigenvalue weighted by molar-refractivity contribution is 9.10. The largest absolute Gasteiger partial charge is 0.319 e. The maximum absolute atomic E-state index is 12.2. The number of anilines is 1. The van der Waals surface area contributed by atoms with E-state index < -0.39 is 10.8 Å². The number of nitro groups is 1. The average Bonchev–Trinajstić information content (AvgIpc) is 2.87. The van der Waals surface area contributed by atoms with Crippen LogP contribution in [0.15, 0.2) is 35.1 Å². The van der Waals surface area contributed by atoms with E-state index in [1.807, 2.05) is 13.8 Å². The van der Waals surface area contributed by atoms with Gasteiger partial charge in [0.15, 0.2) is 0 Å². The number of carbonyl (C=O) groups is 1. The molecule has 8 heteroatoms. The van der Waals surface area contributed by atoms with Crippen molar-refractivity contribution in [3.05, 3.63) is 50.7 Å². The van der Waals surface area contributed by atoms with Crippen LogP contribution in [0.5, 0.6) is 0 Å². The zero-order chi connectivity index (χ0) is 15.6. The van der Waals surface area contributed by atoms with Gasteiger partial charge in [-0.2, -0.15) is 5.10 Å². The number of nitro benzene ring substituents is 1. The van der Waals surface area contributed by atoms with E-state index >= 15 is 0 Å². The Labute approximate surface area is 129 Å². The summed E-state index contributed by atoms with van der Waals surface area (Å²) in [6, 6.07) is 4.49. The Bertz CT molecular complexity index is 696. The number of hydrogen-bond donors (Lipinski definition) is 1. The van der Waals surface area contributed by atoms with Crippen LogP contribution in [-0.2, 0) is 0 Å². The number of benzene rings is 1. The highest BCUT2D eigenvalue weighted by Gasteiger charge is 2.19. The van der Waals surface area contributed by atoms with Crippen molar-refractivity contribution in [1.29, 1.82) is 0 Å². The van der Waals surface area contributed by atoms with Crippen molar-refractivity contribution in [3.8, 4) is 0 Å². The maximum Gasteiger partial charge on any atom is 0.284 e. The minimum absolute atomic E-state index is 0.152. The summed E-state index contributed by atoms with van der Waals surface area (Å²) in [5, 5.41) is 17.6. The Kier molecular flexibility index (Phi) is 4.37. The van der Waals surface area contributed by atoms with E-state index in [1.54, 1.807) is 10.9 Å². The molecule has 110 valence electrons. The molecule has 0 fully saturated rings. The maximum atomic E-state index is 12.2. The van der Waals surface area contributed by atoms with E-state index in [-0.39, 0.29) is 21.8 Å². The standard InChI is InChI=1S/C13H13BrN4O3/c1-8(2)17-7-9(6-15-17)16-13(19)10-4-3-5-11(12(10)14)18(20)21/h3-8H,1-2H3,(H,16,19). The molecular weight excluding hydrogens is 340 g/mol. The minimum atomic E-state index is -0.544. The van der Waals surface area contributed by atoms with Gasteiger partial charge in [-0.05, 0) is 35.8 Å². The molecule has 0 aliphatic carbocycles. The summed E-state index contributed by atoms with van der Waals surface area (Å²) in [5.41, 5.74) is 0.578. The molecule has 0 atom stereocenters. The third kappa shape index (κ3) is 3.27. The molecule has 0 aliphatic heterocycles. The Morgan fingerprint density at radius 3 is 2.76 bits per heavy atom. The van der Waals surface area contributed by atoms with Crippen LogP contribution in [0.4, 0.5) is 11.4 Å². The average molecular weight is 353 g/mol. The van der Waals surface area contributed by atoms with E-state index in [0.717, 1.165) is 0 Å². The molecule has 0 radical (unpaired) electrons. The molecule has 21 heavy (non-hydrogen) atoms. The molecule has 1 amide bonds. The van der Waals surface area contributed by atoms with Crippen molar-refractivity contribution in [3.63, 3.8) is 0 Å². The van der Waals surface area contributed by atoms with E-state index in [0.29, 0.717) is 5.69 Å². The van der Waals surface area contributed by atoms with Crippen LogP contribution in [0.3, 0.4) is 0 Å². The zero-order valence-electron chi connectivity index (χ0n) is 11.4. The van der Waals surface area contributed by atoms with Crippen molar-refractivity contribution in [2.24, 2.45) is 0 Å². The van der Waals surface area contributed by atoms with E-state index in [1.165, 1.54) is 24.4 Å². The van der Waals surface area contributed by atoms with E-state index in [9.17, 15) is 14.9 Å². The number of halogens is 1. The van der Waals surface area contributed by atoms with Gasteiger partial charge in [-0.3, -0.25) is 19.6 Å². The fourth-order valence-electron chi connectivity index (χ4n) is 1.72. The van der Waals surface area contributed by atoms with Gasteiger partial charge in [0.05, 0.1) is 22.4 Å². The fraction of sp³-hybridized carbons (Fsp3) is 0.231. The van der Waals surface area contributed by atoms with Gasteiger partial charge in [-0.25, -0.2) is 0 Å². The lowest BCUT2D eigenvalue weighted by atomic mass is 10.2. The van der Waals surface area contributed by atoms with Crippen LogP contribution >= 0.6 is 15.9 Å². The third-order valence-electron chi connectivity index (χ3n) is 2.81. The highest BCUT2D eigenvalue weighted by atomic mass is 79.9. The molecule has 7 nitrogen and oxygen atoms in total. The molecule has 1 N–H and O–H groups in total.